The number of nitrogens with zero attached hydrogens (tertiary/aromatic N) is 1. The van der Waals surface area contributed by atoms with E-state index in [0.29, 0.717) is 17.2 Å². The van der Waals surface area contributed by atoms with Gasteiger partial charge >= 0.3 is 0 Å². The maximum Gasteiger partial charge on any atom is 0.253 e. The van der Waals surface area contributed by atoms with E-state index in [1.165, 1.54) is 28.5 Å². The molecule has 0 bridgehead atoms. The Bertz CT molecular complexity index is 681. The van der Waals surface area contributed by atoms with E-state index in [1.54, 1.807) is 12.1 Å². The van der Waals surface area contributed by atoms with Crippen molar-refractivity contribution in [1.29, 1.82) is 0 Å². The van der Waals surface area contributed by atoms with Crippen LogP contribution < -0.4 is 5.32 Å². The summed E-state index contributed by atoms with van der Waals surface area (Å²) < 4.78 is 28.1. The standard InChI is InChI=1S/C16H23BrN2O3S2/c17-14-9-10-15(23-14)24(21,22)19-11-5-8-13(19)16(20)18-12-6-3-1-2-4-7-12/h9-10,12-13H,1-8,11H2,(H,18,20)/t13-/m0/s1. The molecule has 0 spiro atoms. The molecule has 5 nitrogen and oxygen atoms in total. The highest BCUT2D eigenvalue weighted by Crippen LogP contribution is 2.32. The van der Waals surface area contributed by atoms with Gasteiger partial charge in [-0.1, -0.05) is 25.7 Å². The molecular formula is C16H23BrN2O3S2. The molecule has 1 N–H and O–H groups in total. The molecule has 2 heterocycles. The summed E-state index contributed by atoms with van der Waals surface area (Å²) >= 11 is 4.50. The van der Waals surface area contributed by atoms with Crippen molar-refractivity contribution in [3.8, 4) is 0 Å². The van der Waals surface area contributed by atoms with Gasteiger partial charge in [0.2, 0.25) is 5.91 Å². The maximum atomic E-state index is 12.8. The van der Waals surface area contributed by atoms with Gasteiger partial charge in [0, 0.05) is 12.6 Å². The van der Waals surface area contributed by atoms with Crippen molar-refractivity contribution in [3.05, 3.63) is 15.9 Å². The minimum absolute atomic E-state index is 0.126. The van der Waals surface area contributed by atoms with Crippen LogP contribution in [0.4, 0.5) is 0 Å². The fourth-order valence-electron chi connectivity index (χ4n) is 3.56. The number of sulfonamides is 1. The van der Waals surface area contributed by atoms with Crippen LogP contribution in [0.5, 0.6) is 0 Å². The molecule has 1 atom stereocenters. The average molecular weight is 435 g/mol. The molecule has 1 aromatic heterocycles. The quantitative estimate of drug-likeness (QED) is 0.737. The first-order valence-corrected chi connectivity index (χ1v) is 11.6. The number of rotatable bonds is 4. The van der Waals surface area contributed by atoms with Crippen LogP contribution in [-0.2, 0) is 14.8 Å². The molecule has 8 heteroatoms. The predicted octanol–water partition coefficient (Wildman–Crippen LogP) is 3.50. The van der Waals surface area contributed by atoms with Crippen LogP contribution in [0.2, 0.25) is 0 Å². The number of halogens is 1. The summed E-state index contributed by atoms with van der Waals surface area (Å²) in [7, 11) is -3.60. The Morgan fingerprint density at radius 2 is 1.83 bits per heavy atom. The van der Waals surface area contributed by atoms with Crippen LogP contribution in [0, 0.1) is 0 Å². The van der Waals surface area contributed by atoms with Crippen molar-refractivity contribution in [2.45, 2.75) is 67.7 Å². The topological polar surface area (TPSA) is 66.5 Å². The lowest BCUT2D eigenvalue weighted by Gasteiger charge is -2.25. The SMILES string of the molecule is O=C(NC1CCCCCC1)[C@@H]1CCCN1S(=O)(=O)c1ccc(Br)s1. The third-order valence-corrected chi connectivity index (χ3v) is 8.82. The number of carbonyl (C=O) groups is 1. The van der Waals surface area contributed by atoms with Crippen LogP contribution in [0.1, 0.15) is 51.4 Å². The first-order chi connectivity index (χ1) is 11.5. The Kier molecular flexibility index (Phi) is 6.00. The highest BCUT2D eigenvalue weighted by atomic mass is 79.9. The largest absolute Gasteiger partial charge is 0.352 e. The normalized spacial score (nSPS) is 24.0. The van der Waals surface area contributed by atoms with Gasteiger partial charge < -0.3 is 5.32 Å². The van der Waals surface area contributed by atoms with Gasteiger partial charge in [-0.3, -0.25) is 4.79 Å². The number of carbonyl (C=O) groups excluding carboxylic acids is 1. The fraction of sp³-hybridized carbons (Fsp3) is 0.688. The van der Waals surface area contributed by atoms with E-state index in [2.05, 4.69) is 21.2 Å². The Hall–Kier alpha value is -0.440. The number of amides is 1. The second-order valence-electron chi connectivity index (χ2n) is 6.53. The summed E-state index contributed by atoms with van der Waals surface area (Å²) in [5.74, 6) is -0.126. The Morgan fingerprint density at radius 3 is 2.46 bits per heavy atom. The van der Waals surface area contributed by atoms with E-state index in [0.717, 1.165) is 35.9 Å². The Labute approximate surface area is 156 Å². The van der Waals surface area contributed by atoms with Gasteiger partial charge in [-0.2, -0.15) is 4.31 Å². The van der Waals surface area contributed by atoms with E-state index in [-0.39, 0.29) is 11.9 Å². The highest BCUT2D eigenvalue weighted by molar-refractivity contribution is 9.11. The first-order valence-electron chi connectivity index (χ1n) is 8.56. The van der Waals surface area contributed by atoms with Crippen molar-refractivity contribution in [2.24, 2.45) is 0 Å². The lowest BCUT2D eigenvalue weighted by atomic mass is 10.1. The van der Waals surface area contributed by atoms with Crippen LogP contribution in [0.15, 0.2) is 20.1 Å². The molecule has 2 fully saturated rings. The van der Waals surface area contributed by atoms with Crippen LogP contribution in [-0.4, -0.2) is 37.3 Å². The van der Waals surface area contributed by atoms with E-state index >= 15 is 0 Å². The molecule has 1 aromatic rings. The van der Waals surface area contributed by atoms with Gasteiger partial charge in [0.25, 0.3) is 10.0 Å². The molecule has 3 rings (SSSR count). The fourth-order valence-corrected chi connectivity index (χ4v) is 7.36. The number of nitrogens with one attached hydrogen (secondary N) is 1. The second kappa shape index (κ2) is 7.85. The molecule has 2 aliphatic rings. The summed E-state index contributed by atoms with van der Waals surface area (Å²) in [6.45, 7) is 0.417. The van der Waals surface area contributed by atoms with Crippen molar-refractivity contribution >= 4 is 43.2 Å². The van der Waals surface area contributed by atoms with Gasteiger partial charge in [0.15, 0.2) is 0 Å². The van der Waals surface area contributed by atoms with Crippen LogP contribution in [0.3, 0.4) is 0 Å². The zero-order valence-corrected chi connectivity index (χ0v) is 16.8. The number of hydrogen-bond acceptors (Lipinski definition) is 4. The average Bonchev–Trinajstić information content (AvgIpc) is 3.13. The summed E-state index contributed by atoms with van der Waals surface area (Å²) in [6, 6.07) is 2.96. The van der Waals surface area contributed by atoms with Crippen molar-refractivity contribution in [3.63, 3.8) is 0 Å². The van der Waals surface area contributed by atoms with Crippen molar-refractivity contribution in [2.75, 3.05) is 6.54 Å². The number of thiophene rings is 1. The second-order valence-corrected chi connectivity index (χ2v) is 11.1. The molecule has 0 aromatic carbocycles. The molecule has 1 aliphatic heterocycles. The lowest BCUT2D eigenvalue weighted by Crippen LogP contribution is -2.48. The predicted molar refractivity (Wildman–Crippen MR) is 98.6 cm³/mol. The molecule has 0 radical (unpaired) electrons. The number of hydrogen-bond donors (Lipinski definition) is 1. The third kappa shape index (κ3) is 4.03. The monoisotopic (exact) mass is 434 g/mol. The van der Waals surface area contributed by atoms with E-state index in [1.807, 2.05) is 0 Å². The summed E-state index contributed by atoms with van der Waals surface area (Å²) in [4.78, 5) is 12.7. The van der Waals surface area contributed by atoms with Gasteiger partial charge in [-0.05, 0) is 53.7 Å². The van der Waals surface area contributed by atoms with Gasteiger partial charge in [0.05, 0.1) is 3.79 Å². The highest BCUT2D eigenvalue weighted by Gasteiger charge is 2.40. The van der Waals surface area contributed by atoms with E-state index < -0.39 is 16.1 Å². The first kappa shape index (κ1) is 18.4. The molecule has 1 saturated heterocycles. The summed E-state index contributed by atoms with van der Waals surface area (Å²) in [6.07, 6.45) is 8.07. The summed E-state index contributed by atoms with van der Waals surface area (Å²) in [5, 5.41) is 3.11. The minimum atomic E-state index is -3.60. The molecule has 0 unspecified atom stereocenters. The Balaban J connectivity index is 1.71. The lowest BCUT2D eigenvalue weighted by molar-refractivity contribution is -0.125. The van der Waals surface area contributed by atoms with Gasteiger partial charge in [-0.15, -0.1) is 11.3 Å². The smallest absolute Gasteiger partial charge is 0.253 e. The molecule has 134 valence electrons. The minimum Gasteiger partial charge on any atom is -0.352 e. The molecule has 1 aliphatic carbocycles. The van der Waals surface area contributed by atoms with Gasteiger partial charge in [0.1, 0.15) is 10.3 Å². The van der Waals surface area contributed by atoms with Gasteiger partial charge in [-0.25, -0.2) is 8.42 Å². The zero-order chi connectivity index (χ0) is 17.2. The molecular weight excluding hydrogens is 412 g/mol. The van der Waals surface area contributed by atoms with E-state index in [9.17, 15) is 13.2 Å². The Morgan fingerprint density at radius 1 is 1.12 bits per heavy atom. The summed E-state index contributed by atoms with van der Waals surface area (Å²) in [5.41, 5.74) is 0. The molecule has 24 heavy (non-hydrogen) atoms. The molecule has 1 saturated carbocycles. The van der Waals surface area contributed by atoms with Crippen molar-refractivity contribution < 1.29 is 13.2 Å². The molecule has 1 amide bonds. The van der Waals surface area contributed by atoms with E-state index in [4.69, 9.17) is 0 Å². The zero-order valence-electron chi connectivity index (χ0n) is 13.5. The van der Waals surface area contributed by atoms with Crippen LogP contribution >= 0.6 is 27.3 Å². The maximum absolute atomic E-state index is 12.8. The third-order valence-electron chi connectivity index (χ3n) is 4.82. The van der Waals surface area contributed by atoms with Crippen LogP contribution in [0.25, 0.3) is 0 Å². The van der Waals surface area contributed by atoms with Crippen molar-refractivity contribution in [1.82, 2.24) is 9.62 Å².